The Bertz CT molecular complexity index is 779. The van der Waals surface area contributed by atoms with Crippen molar-refractivity contribution < 1.29 is 14.3 Å². The van der Waals surface area contributed by atoms with Gasteiger partial charge < -0.3 is 10.1 Å². The number of nitrogens with one attached hydrogen (secondary N) is 1. The monoisotopic (exact) mass is 385 g/mol. The van der Waals surface area contributed by atoms with Crippen molar-refractivity contribution in [3.63, 3.8) is 0 Å². The number of carbonyl (C=O) groups is 2. The first kappa shape index (κ1) is 19.6. The van der Waals surface area contributed by atoms with E-state index >= 15 is 0 Å². The average molecular weight is 386 g/mol. The van der Waals surface area contributed by atoms with Crippen molar-refractivity contribution in [1.29, 1.82) is 0 Å². The number of carbonyl (C=O) groups excluding carboxylic acids is 2. The Morgan fingerprint density at radius 3 is 2.48 bits per heavy atom. The van der Waals surface area contributed by atoms with E-state index < -0.39 is 5.97 Å². The lowest BCUT2D eigenvalue weighted by molar-refractivity contribution is -0.119. The number of benzene rings is 1. The molecule has 0 unspecified atom stereocenters. The predicted octanol–water partition coefficient (Wildman–Crippen LogP) is 4.94. The first-order valence-electron chi connectivity index (χ1n) is 9.81. The molecule has 1 aliphatic rings. The van der Waals surface area contributed by atoms with Gasteiger partial charge in [0.2, 0.25) is 0 Å². The Labute approximate surface area is 164 Å². The Hall–Kier alpha value is -2.14. The number of aryl methyl sites for hydroxylation is 4. The average Bonchev–Trinajstić information content (AvgIpc) is 2.97. The molecule has 1 aliphatic carbocycles. The van der Waals surface area contributed by atoms with Gasteiger partial charge in [-0.25, -0.2) is 4.79 Å². The number of rotatable bonds is 6. The fourth-order valence-corrected chi connectivity index (χ4v) is 4.70. The summed E-state index contributed by atoms with van der Waals surface area (Å²) in [5, 5.41) is 2.93. The first-order valence-corrected chi connectivity index (χ1v) is 10.6. The molecule has 0 saturated heterocycles. The predicted molar refractivity (Wildman–Crippen MR) is 110 cm³/mol. The molecule has 0 saturated carbocycles. The van der Waals surface area contributed by atoms with E-state index in [-0.39, 0.29) is 12.5 Å². The zero-order chi connectivity index (χ0) is 19.2. The summed E-state index contributed by atoms with van der Waals surface area (Å²) in [4.78, 5) is 26.6. The molecule has 144 valence electrons. The topological polar surface area (TPSA) is 55.4 Å². The molecular weight excluding hydrogens is 358 g/mol. The van der Waals surface area contributed by atoms with Crippen LogP contribution < -0.4 is 5.32 Å². The minimum absolute atomic E-state index is 0.261. The Kier molecular flexibility index (Phi) is 6.67. The van der Waals surface area contributed by atoms with Crippen LogP contribution in [0.25, 0.3) is 0 Å². The van der Waals surface area contributed by atoms with Gasteiger partial charge in [0, 0.05) is 10.6 Å². The van der Waals surface area contributed by atoms with Crippen molar-refractivity contribution >= 4 is 28.9 Å². The van der Waals surface area contributed by atoms with E-state index in [9.17, 15) is 9.59 Å². The van der Waals surface area contributed by atoms with Gasteiger partial charge in [0.1, 0.15) is 4.88 Å². The number of amides is 1. The third kappa shape index (κ3) is 4.78. The molecule has 1 N–H and O–H groups in total. The zero-order valence-electron chi connectivity index (χ0n) is 16.1. The molecule has 0 atom stereocenters. The van der Waals surface area contributed by atoms with Gasteiger partial charge in [-0.15, -0.1) is 11.3 Å². The van der Waals surface area contributed by atoms with Crippen LogP contribution in [0.5, 0.6) is 0 Å². The van der Waals surface area contributed by atoms with E-state index in [0.29, 0.717) is 4.88 Å². The number of anilines is 1. The van der Waals surface area contributed by atoms with Crippen LogP contribution in [0.4, 0.5) is 5.69 Å². The molecule has 0 fully saturated rings. The molecule has 4 nitrogen and oxygen atoms in total. The first-order chi connectivity index (χ1) is 13.1. The fraction of sp³-hybridized carbons (Fsp3) is 0.455. The number of hydrogen-bond donors (Lipinski definition) is 1. The molecule has 1 aromatic heterocycles. The molecule has 2 aromatic rings. The quantitative estimate of drug-likeness (QED) is 0.566. The smallest absolute Gasteiger partial charge is 0.348 e. The van der Waals surface area contributed by atoms with Crippen molar-refractivity contribution in [2.45, 2.75) is 58.8 Å². The molecular formula is C22H27NO3S. The molecule has 1 aromatic carbocycles. The zero-order valence-corrected chi connectivity index (χ0v) is 16.9. The summed E-state index contributed by atoms with van der Waals surface area (Å²) in [6.45, 7) is 3.86. The lowest BCUT2D eigenvalue weighted by Gasteiger charge is -2.14. The van der Waals surface area contributed by atoms with Gasteiger partial charge in [-0.2, -0.15) is 0 Å². The second kappa shape index (κ2) is 9.18. The van der Waals surface area contributed by atoms with E-state index in [4.69, 9.17) is 4.74 Å². The largest absolute Gasteiger partial charge is 0.451 e. The number of hydrogen-bond acceptors (Lipinski definition) is 4. The van der Waals surface area contributed by atoms with Gasteiger partial charge in [0.25, 0.3) is 5.91 Å². The molecule has 0 spiro atoms. The van der Waals surface area contributed by atoms with Gasteiger partial charge in [-0.3, -0.25) is 4.79 Å². The van der Waals surface area contributed by atoms with Crippen LogP contribution in [0.3, 0.4) is 0 Å². The fourth-order valence-electron chi connectivity index (χ4n) is 3.55. The minimum atomic E-state index is -0.400. The number of fused-ring (bicyclic) bond motifs is 1. The van der Waals surface area contributed by atoms with Crippen molar-refractivity contribution in [1.82, 2.24) is 0 Å². The van der Waals surface area contributed by atoms with Crippen LogP contribution in [-0.4, -0.2) is 18.5 Å². The van der Waals surface area contributed by atoms with Gasteiger partial charge in [-0.1, -0.05) is 38.5 Å². The minimum Gasteiger partial charge on any atom is -0.451 e. The van der Waals surface area contributed by atoms with Crippen molar-refractivity contribution in [2.75, 3.05) is 11.9 Å². The van der Waals surface area contributed by atoms with E-state index in [1.165, 1.54) is 41.0 Å². The molecule has 5 heteroatoms. The second-order valence-electron chi connectivity index (χ2n) is 6.90. The van der Waals surface area contributed by atoms with Crippen LogP contribution in [0.1, 0.15) is 64.3 Å². The molecule has 3 rings (SSSR count). The Morgan fingerprint density at radius 2 is 1.78 bits per heavy atom. The highest BCUT2D eigenvalue weighted by atomic mass is 32.1. The van der Waals surface area contributed by atoms with Crippen LogP contribution >= 0.6 is 11.3 Å². The van der Waals surface area contributed by atoms with E-state index in [1.807, 2.05) is 24.3 Å². The third-order valence-corrected chi connectivity index (χ3v) is 6.26. The van der Waals surface area contributed by atoms with Crippen LogP contribution in [0, 0.1) is 0 Å². The summed E-state index contributed by atoms with van der Waals surface area (Å²) in [6.07, 6.45) is 7.36. The Balaban J connectivity index is 1.60. The number of esters is 1. The normalized spacial score (nSPS) is 13.6. The summed E-state index contributed by atoms with van der Waals surface area (Å²) in [5.74, 6) is -0.695. The molecule has 1 amide bonds. The highest BCUT2D eigenvalue weighted by molar-refractivity contribution is 7.14. The number of thiophene rings is 1. The van der Waals surface area contributed by atoms with Gasteiger partial charge in [0.05, 0.1) is 0 Å². The molecule has 27 heavy (non-hydrogen) atoms. The third-order valence-electron chi connectivity index (χ3n) is 5.05. The molecule has 1 heterocycles. The lowest BCUT2D eigenvalue weighted by Crippen LogP contribution is -2.22. The summed E-state index contributed by atoms with van der Waals surface area (Å²) in [7, 11) is 0. The number of para-hydroxylation sites is 1. The highest BCUT2D eigenvalue weighted by Crippen LogP contribution is 2.29. The van der Waals surface area contributed by atoms with Crippen molar-refractivity contribution in [3.05, 3.63) is 50.7 Å². The van der Waals surface area contributed by atoms with Crippen LogP contribution in [0.15, 0.2) is 24.3 Å². The maximum Gasteiger partial charge on any atom is 0.348 e. The van der Waals surface area contributed by atoms with Gasteiger partial charge in [0.15, 0.2) is 6.61 Å². The van der Waals surface area contributed by atoms with Crippen LogP contribution in [-0.2, 0) is 35.2 Å². The summed E-state index contributed by atoms with van der Waals surface area (Å²) >= 11 is 1.52. The van der Waals surface area contributed by atoms with Gasteiger partial charge in [-0.05, 0) is 61.3 Å². The maximum atomic E-state index is 12.4. The second-order valence-corrected chi connectivity index (χ2v) is 8.04. The number of ether oxygens (including phenoxy) is 1. The molecule has 0 aliphatic heterocycles. The highest BCUT2D eigenvalue weighted by Gasteiger charge is 2.19. The van der Waals surface area contributed by atoms with Crippen LogP contribution in [0.2, 0.25) is 0 Å². The Morgan fingerprint density at radius 1 is 1.07 bits per heavy atom. The van der Waals surface area contributed by atoms with E-state index in [2.05, 4.69) is 19.2 Å². The van der Waals surface area contributed by atoms with Gasteiger partial charge >= 0.3 is 5.97 Å². The van der Waals surface area contributed by atoms with E-state index in [1.54, 1.807) is 0 Å². The summed E-state index contributed by atoms with van der Waals surface area (Å²) < 4.78 is 5.28. The lowest BCUT2D eigenvalue weighted by atomic mass is 10.0. The van der Waals surface area contributed by atoms with E-state index in [0.717, 1.165) is 42.5 Å². The van der Waals surface area contributed by atoms with Crippen molar-refractivity contribution in [3.8, 4) is 0 Å². The maximum absolute atomic E-state index is 12.4. The molecule has 0 radical (unpaired) electrons. The van der Waals surface area contributed by atoms with Crippen molar-refractivity contribution in [2.24, 2.45) is 0 Å². The standard InChI is InChI=1S/C22H27NO3S/c1-3-15-10-8-11-16(4-2)21(15)23-20(24)14-26-22(25)19-13-17-9-6-5-7-12-18(17)27-19/h8,10-11,13H,3-7,9,12,14H2,1-2H3,(H,23,24). The SMILES string of the molecule is CCc1cccc(CC)c1NC(=O)COC(=O)c1cc2c(s1)CCCCC2. The summed E-state index contributed by atoms with van der Waals surface area (Å²) in [5.41, 5.74) is 4.32. The summed E-state index contributed by atoms with van der Waals surface area (Å²) in [6, 6.07) is 7.99. The molecule has 0 bridgehead atoms.